The van der Waals surface area contributed by atoms with Crippen molar-refractivity contribution in [2.45, 2.75) is 32.9 Å². The molecule has 0 radical (unpaired) electrons. The number of nitrogens with one attached hydrogen (secondary N) is 1. The molecule has 0 amide bonds. The molecule has 140 valence electrons. The molecule has 1 unspecified atom stereocenters. The molecule has 0 aliphatic heterocycles. The topological polar surface area (TPSA) is 120 Å². The zero-order valence-corrected chi connectivity index (χ0v) is 14.6. The van der Waals surface area contributed by atoms with Gasteiger partial charge in [0.25, 0.3) is 5.09 Å². The molecule has 1 atom stereocenters. The lowest BCUT2D eigenvalue weighted by Gasteiger charge is -2.16. The molecule has 0 bridgehead atoms. The fraction of sp³-hybridized carbons (Fsp3) is 0.562. The Kier molecular flexibility index (Phi) is 8.65. The van der Waals surface area contributed by atoms with Crippen LogP contribution in [-0.2, 0) is 4.84 Å². The van der Waals surface area contributed by atoms with Crippen molar-refractivity contribution in [2.75, 3.05) is 26.4 Å². The van der Waals surface area contributed by atoms with Crippen LogP contribution in [0.2, 0.25) is 0 Å². The Morgan fingerprint density at radius 1 is 1.32 bits per heavy atom. The third-order valence-corrected chi connectivity index (χ3v) is 3.07. The van der Waals surface area contributed by atoms with Gasteiger partial charge in [0, 0.05) is 12.6 Å². The number of Topliss-reactive ketones (excluding diaryl/α,β-unsaturated/α-hetero) is 1. The van der Waals surface area contributed by atoms with Crippen LogP contribution in [0.4, 0.5) is 0 Å². The van der Waals surface area contributed by atoms with E-state index in [9.17, 15) is 20.0 Å². The van der Waals surface area contributed by atoms with Crippen LogP contribution < -0.4 is 14.8 Å². The molecular weight excluding hydrogens is 332 g/mol. The Labute approximate surface area is 146 Å². The van der Waals surface area contributed by atoms with Gasteiger partial charge < -0.3 is 24.7 Å². The first kappa shape index (κ1) is 20.7. The predicted molar refractivity (Wildman–Crippen MR) is 89.5 cm³/mol. The Morgan fingerprint density at radius 3 is 2.64 bits per heavy atom. The molecule has 1 aromatic carbocycles. The summed E-state index contributed by atoms with van der Waals surface area (Å²) in [4.78, 5) is 26.0. The normalized spacial score (nSPS) is 11.9. The number of aliphatic hydroxyl groups is 1. The summed E-state index contributed by atoms with van der Waals surface area (Å²) in [7, 11) is 0. The van der Waals surface area contributed by atoms with E-state index in [1.54, 1.807) is 12.1 Å². The number of benzene rings is 1. The molecule has 9 heteroatoms. The van der Waals surface area contributed by atoms with E-state index in [1.165, 1.54) is 13.0 Å². The Balaban J connectivity index is 2.61. The Hall–Kier alpha value is -2.39. The van der Waals surface area contributed by atoms with Crippen LogP contribution in [0.5, 0.6) is 11.5 Å². The first-order valence-electron chi connectivity index (χ1n) is 7.89. The molecule has 9 nitrogen and oxygen atoms in total. The summed E-state index contributed by atoms with van der Waals surface area (Å²) in [5, 5.41) is 22.1. The van der Waals surface area contributed by atoms with Crippen LogP contribution in [-0.4, -0.2) is 54.5 Å². The van der Waals surface area contributed by atoms with E-state index in [2.05, 4.69) is 10.2 Å². The van der Waals surface area contributed by atoms with Crippen molar-refractivity contribution < 1.29 is 29.3 Å². The van der Waals surface area contributed by atoms with Gasteiger partial charge in [0.05, 0.1) is 5.56 Å². The number of nitrogens with zero attached hydrogens (tertiary/aromatic N) is 1. The number of hydrogen-bond acceptors (Lipinski definition) is 8. The molecule has 0 spiro atoms. The van der Waals surface area contributed by atoms with E-state index in [1.807, 2.05) is 13.8 Å². The standard InChI is InChI=1S/C16H24N2O7/c1-11(2)17-9-13(20)10-24-16-5-4-14(8-15(16)12(3)19)23-6-7-25-18(21)22/h4-5,8,11,13,17,20H,6-7,9-10H2,1-3H3. The number of aliphatic hydroxyl groups excluding tert-OH is 1. The van der Waals surface area contributed by atoms with Crippen LogP contribution in [0.15, 0.2) is 18.2 Å². The number of hydrogen-bond donors (Lipinski definition) is 2. The van der Waals surface area contributed by atoms with E-state index in [4.69, 9.17) is 9.47 Å². The van der Waals surface area contributed by atoms with Gasteiger partial charge >= 0.3 is 0 Å². The van der Waals surface area contributed by atoms with Crippen molar-refractivity contribution in [2.24, 2.45) is 0 Å². The number of carbonyl (C=O) groups excluding carboxylic acids is 1. The van der Waals surface area contributed by atoms with Crippen molar-refractivity contribution in [3.63, 3.8) is 0 Å². The minimum Gasteiger partial charge on any atom is -0.492 e. The van der Waals surface area contributed by atoms with Gasteiger partial charge in [-0.25, -0.2) is 0 Å². The SMILES string of the molecule is CC(=O)c1cc(OCCO[N+](=O)[O-])ccc1OCC(O)CNC(C)C. The van der Waals surface area contributed by atoms with E-state index in [0.717, 1.165) is 0 Å². The van der Waals surface area contributed by atoms with E-state index in [0.29, 0.717) is 23.6 Å². The maximum absolute atomic E-state index is 11.8. The molecular formula is C16H24N2O7. The lowest BCUT2D eigenvalue weighted by molar-refractivity contribution is -0.757. The number of ketones is 1. The summed E-state index contributed by atoms with van der Waals surface area (Å²) in [5.74, 6) is 0.480. The van der Waals surface area contributed by atoms with E-state index < -0.39 is 11.2 Å². The zero-order valence-electron chi connectivity index (χ0n) is 14.6. The second kappa shape index (κ2) is 10.5. The highest BCUT2D eigenvalue weighted by Crippen LogP contribution is 2.25. The quantitative estimate of drug-likeness (QED) is 0.248. The van der Waals surface area contributed by atoms with Crippen LogP contribution in [0, 0.1) is 10.1 Å². The minimum absolute atomic E-state index is 0.0296. The first-order chi connectivity index (χ1) is 11.8. The third-order valence-electron chi connectivity index (χ3n) is 3.07. The highest BCUT2D eigenvalue weighted by Gasteiger charge is 2.13. The van der Waals surface area contributed by atoms with Gasteiger partial charge in [0.15, 0.2) is 5.78 Å². The Bertz CT molecular complexity index is 578. The average molecular weight is 356 g/mol. The molecule has 0 aliphatic rings. The maximum atomic E-state index is 11.8. The van der Waals surface area contributed by atoms with E-state index in [-0.39, 0.29) is 31.6 Å². The lowest BCUT2D eigenvalue weighted by Crippen LogP contribution is -2.35. The van der Waals surface area contributed by atoms with Crippen LogP contribution in [0.25, 0.3) is 0 Å². The average Bonchev–Trinajstić information content (AvgIpc) is 2.55. The molecule has 0 aliphatic carbocycles. The summed E-state index contributed by atoms with van der Waals surface area (Å²) < 4.78 is 10.8. The second-order valence-corrected chi connectivity index (χ2v) is 5.65. The molecule has 0 fully saturated rings. The number of rotatable bonds is 12. The van der Waals surface area contributed by atoms with Crippen molar-refractivity contribution in [1.82, 2.24) is 5.32 Å². The highest BCUT2D eigenvalue weighted by atomic mass is 17.0. The summed E-state index contributed by atoms with van der Waals surface area (Å²) >= 11 is 0. The maximum Gasteiger partial charge on any atom is 0.294 e. The van der Waals surface area contributed by atoms with Gasteiger partial charge in [0.1, 0.15) is 37.4 Å². The number of carbonyl (C=O) groups is 1. The summed E-state index contributed by atoms with van der Waals surface area (Å²) in [6.07, 6.45) is -0.711. The van der Waals surface area contributed by atoms with Gasteiger partial charge in [-0.2, -0.15) is 0 Å². The summed E-state index contributed by atoms with van der Waals surface area (Å²) in [6.45, 7) is 5.50. The van der Waals surface area contributed by atoms with Crippen LogP contribution in [0.1, 0.15) is 31.1 Å². The van der Waals surface area contributed by atoms with Crippen molar-refractivity contribution in [1.29, 1.82) is 0 Å². The summed E-state index contributed by atoms with van der Waals surface area (Å²) in [6, 6.07) is 4.87. The van der Waals surface area contributed by atoms with E-state index >= 15 is 0 Å². The second-order valence-electron chi connectivity index (χ2n) is 5.65. The van der Waals surface area contributed by atoms with Crippen LogP contribution >= 0.6 is 0 Å². The molecule has 1 aromatic rings. The van der Waals surface area contributed by atoms with Gasteiger partial charge in [-0.15, -0.1) is 10.1 Å². The summed E-state index contributed by atoms with van der Waals surface area (Å²) in [5.41, 5.74) is 0.303. The fourth-order valence-corrected chi connectivity index (χ4v) is 1.89. The molecule has 25 heavy (non-hydrogen) atoms. The van der Waals surface area contributed by atoms with Crippen LogP contribution in [0.3, 0.4) is 0 Å². The molecule has 1 rings (SSSR count). The lowest BCUT2D eigenvalue weighted by atomic mass is 10.1. The fourth-order valence-electron chi connectivity index (χ4n) is 1.89. The minimum atomic E-state index is -0.902. The Morgan fingerprint density at radius 2 is 2.04 bits per heavy atom. The molecule has 0 saturated carbocycles. The number of ether oxygens (including phenoxy) is 2. The molecule has 0 heterocycles. The molecule has 0 aromatic heterocycles. The highest BCUT2D eigenvalue weighted by molar-refractivity contribution is 5.97. The van der Waals surface area contributed by atoms with Crippen molar-refractivity contribution in [3.8, 4) is 11.5 Å². The monoisotopic (exact) mass is 356 g/mol. The first-order valence-corrected chi connectivity index (χ1v) is 7.89. The van der Waals surface area contributed by atoms with Gasteiger partial charge in [0.2, 0.25) is 0 Å². The largest absolute Gasteiger partial charge is 0.492 e. The molecule has 2 N–H and O–H groups in total. The predicted octanol–water partition coefficient (Wildman–Crippen LogP) is 1.21. The van der Waals surface area contributed by atoms with Gasteiger partial charge in [-0.05, 0) is 25.1 Å². The molecule has 0 saturated heterocycles. The third kappa shape index (κ3) is 8.32. The van der Waals surface area contributed by atoms with Crippen molar-refractivity contribution >= 4 is 5.78 Å². The van der Waals surface area contributed by atoms with Crippen molar-refractivity contribution in [3.05, 3.63) is 33.9 Å². The smallest absolute Gasteiger partial charge is 0.294 e. The zero-order chi connectivity index (χ0) is 18.8. The van der Waals surface area contributed by atoms with Gasteiger partial charge in [-0.3, -0.25) is 4.79 Å². The van der Waals surface area contributed by atoms with Gasteiger partial charge in [-0.1, -0.05) is 13.8 Å².